The third-order valence-corrected chi connectivity index (χ3v) is 3.87. The molecule has 0 aliphatic carbocycles. The Morgan fingerprint density at radius 1 is 1.31 bits per heavy atom. The predicted molar refractivity (Wildman–Crippen MR) is 93.7 cm³/mol. The Kier molecular flexibility index (Phi) is 5.76. The second-order valence-corrected chi connectivity index (χ2v) is 5.72. The zero-order valence-electron chi connectivity index (χ0n) is 15.0. The standard InChI is InChI=1S/C18H20N2O6/c1-5-25-18(22)15-10(2)16(19-11(15)3)17(21)12(4)26-14-8-6-7-13(9-14)20(23)24/h6-9,12,19H,5H2,1-4H3/t12-/m0/s1. The lowest BCUT2D eigenvalue weighted by molar-refractivity contribution is -0.384. The Morgan fingerprint density at radius 2 is 2.00 bits per heavy atom. The maximum atomic E-state index is 12.7. The third kappa shape index (κ3) is 3.90. The molecule has 8 heteroatoms. The highest BCUT2D eigenvalue weighted by Gasteiger charge is 2.26. The van der Waals surface area contributed by atoms with Gasteiger partial charge in [0, 0.05) is 11.8 Å². The number of hydrogen-bond acceptors (Lipinski definition) is 6. The largest absolute Gasteiger partial charge is 0.482 e. The van der Waals surface area contributed by atoms with E-state index < -0.39 is 17.0 Å². The van der Waals surface area contributed by atoms with E-state index in [0.29, 0.717) is 16.8 Å². The maximum Gasteiger partial charge on any atom is 0.340 e. The summed E-state index contributed by atoms with van der Waals surface area (Å²) < 4.78 is 10.6. The number of H-pyrrole nitrogens is 1. The molecule has 0 saturated carbocycles. The van der Waals surface area contributed by atoms with Gasteiger partial charge in [0.1, 0.15) is 5.75 Å². The van der Waals surface area contributed by atoms with Crippen molar-refractivity contribution in [3.05, 3.63) is 56.9 Å². The van der Waals surface area contributed by atoms with Crippen molar-refractivity contribution in [2.75, 3.05) is 6.61 Å². The van der Waals surface area contributed by atoms with Crippen LogP contribution < -0.4 is 4.74 Å². The van der Waals surface area contributed by atoms with Crippen molar-refractivity contribution in [2.45, 2.75) is 33.8 Å². The van der Waals surface area contributed by atoms with Gasteiger partial charge in [0.05, 0.1) is 28.9 Å². The number of non-ortho nitro benzene ring substituents is 1. The zero-order chi connectivity index (χ0) is 19.4. The molecule has 1 N–H and O–H groups in total. The van der Waals surface area contributed by atoms with E-state index in [1.165, 1.54) is 24.3 Å². The van der Waals surface area contributed by atoms with Crippen LogP contribution in [-0.2, 0) is 4.74 Å². The molecule has 2 rings (SSSR count). The molecule has 0 aliphatic rings. The normalized spacial score (nSPS) is 11.7. The first-order valence-electron chi connectivity index (χ1n) is 8.07. The predicted octanol–water partition coefficient (Wildman–Crippen LogP) is 3.37. The molecular formula is C18H20N2O6. The lowest BCUT2D eigenvalue weighted by atomic mass is 10.1. The smallest absolute Gasteiger partial charge is 0.340 e. The number of nitro groups is 1. The van der Waals surface area contributed by atoms with Crippen molar-refractivity contribution < 1.29 is 24.0 Å². The second kappa shape index (κ2) is 7.81. The van der Waals surface area contributed by atoms with Crippen LogP contribution in [0.5, 0.6) is 5.75 Å². The van der Waals surface area contributed by atoms with Crippen LogP contribution in [-0.4, -0.2) is 34.4 Å². The number of rotatable bonds is 7. The Hall–Kier alpha value is -3.16. The Bertz CT molecular complexity index is 855. The highest BCUT2D eigenvalue weighted by Crippen LogP contribution is 2.23. The fourth-order valence-corrected chi connectivity index (χ4v) is 2.64. The van der Waals surface area contributed by atoms with E-state index in [2.05, 4.69) is 4.98 Å². The lowest BCUT2D eigenvalue weighted by Crippen LogP contribution is -2.25. The SMILES string of the molecule is CCOC(=O)c1c(C)[nH]c(C(=O)[C@H](C)Oc2cccc([N+](=O)[O-])c2)c1C. The molecule has 1 aromatic heterocycles. The van der Waals surface area contributed by atoms with Crippen LogP contribution in [0.1, 0.15) is 46.0 Å². The van der Waals surface area contributed by atoms with Gasteiger partial charge < -0.3 is 14.5 Å². The van der Waals surface area contributed by atoms with Crippen molar-refractivity contribution in [2.24, 2.45) is 0 Å². The number of nitrogens with zero attached hydrogens (tertiary/aromatic N) is 1. The van der Waals surface area contributed by atoms with Gasteiger partial charge in [0.25, 0.3) is 5.69 Å². The van der Waals surface area contributed by atoms with Gasteiger partial charge >= 0.3 is 5.97 Å². The number of aromatic amines is 1. The number of aromatic nitrogens is 1. The van der Waals surface area contributed by atoms with Crippen LogP contribution >= 0.6 is 0 Å². The van der Waals surface area contributed by atoms with Gasteiger partial charge in [-0.1, -0.05) is 6.07 Å². The number of benzene rings is 1. The van der Waals surface area contributed by atoms with Gasteiger partial charge in [-0.3, -0.25) is 14.9 Å². The quantitative estimate of drug-likeness (QED) is 0.351. The lowest BCUT2D eigenvalue weighted by Gasteiger charge is -2.13. The van der Waals surface area contributed by atoms with Gasteiger partial charge in [0.2, 0.25) is 5.78 Å². The summed E-state index contributed by atoms with van der Waals surface area (Å²) in [5, 5.41) is 10.8. The maximum absolute atomic E-state index is 12.7. The topological polar surface area (TPSA) is 112 Å². The summed E-state index contributed by atoms with van der Waals surface area (Å²) >= 11 is 0. The highest BCUT2D eigenvalue weighted by atomic mass is 16.6. The van der Waals surface area contributed by atoms with E-state index in [4.69, 9.17) is 9.47 Å². The molecule has 138 valence electrons. The highest BCUT2D eigenvalue weighted by molar-refractivity contribution is 6.03. The van der Waals surface area contributed by atoms with Crippen molar-refractivity contribution in [1.82, 2.24) is 4.98 Å². The number of nitrogens with one attached hydrogen (secondary N) is 1. The van der Waals surface area contributed by atoms with E-state index in [9.17, 15) is 19.7 Å². The molecule has 26 heavy (non-hydrogen) atoms. The van der Waals surface area contributed by atoms with E-state index >= 15 is 0 Å². The van der Waals surface area contributed by atoms with Crippen LogP contribution in [0.3, 0.4) is 0 Å². The summed E-state index contributed by atoms with van der Waals surface area (Å²) in [6, 6.07) is 5.60. The molecule has 1 atom stereocenters. The van der Waals surface area contributed by atoms with Gasteiger partial charge in [-0.05, 0) is 39.3 Å². The molecule has 0 amide bonds. The van der Waals surface area contributed by atoms with E-state index in [-0.39, 0.29) is 29.5 Å². The Labute approximate surface area is 150 Å². The first kappa shape index (κ1) is 19.2. The number of ether oxygens (including phenoxy) is 2. The number of nitro benzene ring substituents is 1. The summed E-state index contributed by atoms with van der Waals surface area (Å²) in [5.41, 5.74) is 1.48. The second-order valence-electron chi connectivity index (χ2n) is 5.72. The van der Waals surface area contributed by atoms with Crippen molar-refractivity contribution in [3.8, 4) is 5.75 Å². The minimum atomic E-state index is -0.899. The zero-order valence-corrected chi connectivity index (χ0v) is 15.0. The molecule has 1 aromatic carbocycles. The molecule has 0 saturated heterocycles. The number of carbonyl (C=O) groups is 2. The van der Waals surface area contributed by atoms with Crippen molar-refractivity contribution >= 4 is 17.4 Å². The van der Waals surface area contributed by atoms with E-state index in [0.717, 1.165) is 0 Å². The van der Waals surface area contributed by atoms with Crippen molar-refractivity contribution in [1.29, 1.82) is 0 Å². The minimum absolute atomic E-state index is 0.126. The average molecular weight is 360 g/mol. The molecule has 8 nitrogen and oxygen atoms in total. The number of Topliss-reactive ketones (excluding diaryl/α,β-unsaturated/α-hetero) is 1. The molecule has 0 unspecified atom stereocenters. The Morgan fingerprint density at radius 3 is 2.62 bits per heavy atom. The molecule has 2 aromatic rings. The Balaban J connectivity index is 2.23. The fourth-order valence-electron chi connectivity index (χ4n) is 2.64. The fraction of sp³-hybridized carbons (Fsp3) is 0.333. The van der Waals surface area contributed by atoms with E-state index in [1.54, 1.807) is 27.7 Å². The van der Waals surface area contributed by atoms with Crippen LogP contribution in [0, 0.1) is 24.0 Å². The molecule has 0 bridgehead atoms. The molecule has 0 radical (unpaired) electrons. The van der Waals surface area contributed by atoms with Crippen LogP contribution in [0.2, 0.25) is 0 Å². The summed E-state index contributed by atoms with van der Waals surface area (Å²) in [6.45, 7) is 6.82. The number of hydrogen-bond donors (Lipinski definition) is 1. The number of carbonyl (C=O) groups excluding carboxylic acids is 2. The number of ketones is 1. The minimum Gasteiger partial charge on any atom is -0.482 e. The van der Waals surface area contributed by atoms with E-state index in [1.807, 2.05) is 0 Å². The molecule has 0 spiro atoms. The first-order valence-corrected chi connectivity index (χ1v) is 8.07. The number of aryl methyl sites for hydroxylation is 1. The number of esters is 1. The van der Waals surface area contributed by atoms with Gasteiger partial charge in [-0.25, -0.2) is 4.79 Å². The first-order chi connectivity index (χ1) is 12.3. The monoisotopic (exact) mass is 360 g/mol. The van der Waals surface area contributed by atoms with Crippen LogP contribution in [0.15, 0.2) is 24.3 Å². The van der Waals surface area contributed by atoms with Gasteiger partial charge in [0.15, 0.2) is 6.10 Å². The molecule has 0 fully saturated rings. The van der Waals surface area contributed by atoms with Crippen LogP contribution in [0.25, 0.3) is 0 Å². The van der Waals surface area contributed by atoms with Crippen LogP contribution in [0.4, 0.5) is 5.69 Å². The van der Waals surface area contributed by atoms with Gasteiger partial charge in [-0.15, -0.1) is 0 Å². The van der Waals surface area contributed by atoms with Crippen molar-refractivity contribution in [3.63, 3.8) is 0 Å². The summed E-state index contributed by atoms with van der Waals surface area (Å²) in [7, 11) is 0. The third-order valence-electron chi connectivity index (χ3n) is 3.87. The summed E-state index contributed by atoms with van der Waals surface area (Å²) in [5.74, 6) is -0.649. The van der Waals surface area contributed by atoms with Gasteiger partial charge in [-0.2, -0.15) is 0 Å². The molecular weight excluding hydrogens is 340 g/mol. The average Bonchev–Trinajstić information content (AvgIpc) is 2.89. The summed E-state index contributed by atoms with van der Waals surface area (Å²) in [4.78, 5) is 37.9. The summed E-state index contributed by atoms with van der Waals surface area (Å²) in [6.07, 6.45) is -0.899. The molecule has 1 heterocycles. The molecule has 0 aliphatic heterocycles.